The third-order valence-electron chi connectivity index (χ3n) is 4.87. The van der Waals surface area contributed by atoms with Crippen LogP contribution in [0.3, 0.4) is 0 Å². The van der Waals surface area contributed by atoms with Crippen LogP contribution in [0.5, 0.6) is 5.75 Å². The third kappa shape index (κ3) is 7.32. The molecule has 0 saturated carbocycles. The molecule has 1 aromatic heterocycles. The lowest BCUT2D eigenvalue weighted by Crippen LogP contribution is -2.46. The van der Waals surface area contributed by atoms with Gasteiger partial charge in [0.25, 0.3) is 0 Å². The Balaban J connectivity index is 2.14. The van der Waals surface area contributed by atoms with Gasteiger partial charge in [0, 0.05) is 39.1 Å². The quantitative estimate of drug-likeness (QED) is 0.594. The average molecular weight is 431 g/mol. The summed E-state index contributed by atoms with van der Waals surface area (Å²) in [7, 11) is 5.11. The smallest absolute Gasteiger partial charge is 0.322 e. The molecule has 2 aromatic rings. The lowest BCUT2D eigenvalue weighted by molar-refractivity contribution is -0.133. The van der Waals surface area contributed by atoms with E-state index in [-0.39, 0.29) is 24.4 Å². The van der Waals surface area contributed by atoms with E-state index in [0.29, 0.717) is 37.7 Å². The van der Waals surface area contributed by atoms with Gasteiger partial charge in [-0.3, -0.25) is 4.79 Å². The van der Waals surface area contributed by atoms with Crippen LogP contribution in [-0.4, -0.2) is 66.8 Å². The fraction of sp³-hybridized carbons (Fsp3) is 0.478. The van der Waals surface area contributed by atoms with Gasteiger partial charge in [0.1, 0.15) is 12.3 Å². The molecular weight excluding hydrogens is 396 g/mol. The molecule has 0 aliphatic rings. The molecule has 3 amide bonds. The van der Waals surface area contributed by atoms with Gasteiger partial charge < -0.3 is 29.2 Å². The minimum atomic E-state index is -0.336. The largest absolute Gasteiger partial charge is 0.495 e. The van der Waals surface area contributed by atoms with Gasteiger partial charge in [-0.1, -0.05) is 26.0 Å². The van der Waals surface area contributed by atoms with Crippen LogP contribution in [0.4, 0.5) is 10.5 Å². The Morgan fingerprint density at radius 3 is 2.45 bits per heavy atom. The highest BCUT2D eigenvalue weighted by Crippen LogP contribution is 2.23. The maximum atomic E-state index is 13.2. The zero-order valence-corrected chi connectivity index (χ0v) is 19.1. The summed E-state index contributed by atoms with van der Waals surface area (Å²) in [6.45, 7) is 5.79. The Labute approximate surface area is 184 Å². The second-order valence-electron chi connectivity index (χ2n) is 7.82. The maximum Gasteiger partial charge on any atom is 0.322 e. The fourth-order valence-electron chi connectivity index (χ4n) is 3.22. The predicted molar refractivity (Wildman–Crippen MR) is 121 cm³/mol. The number of anilines is 1. The highest BCUT2D eigenvalue weighted by Gasteiger charge is 2.23. The number of carbonyl (C=O) groups excluding carboxylic acids is 2. The number of urea groups is 1. The third-order valence-corrected chi connectivity index (χ3v) is 4.87. The van der Waals surface area contributed by atoms with Crippen LogP contribution in [0, 0.1) is 5.92 Å². The first kappa shape index (κ1) is 24.3. The normalized spacial score (nSPS) is 10.8. The van der Waals surface area contributed by atoms with Crippen molar-refractivity contribution in [3.8, 4) is 5.75 Å². The number of hydrogen-bond acceptors (Lipinski definition) is 4. The molecule has 0 aliphatic carbocycles. The van der Waals surface area contributed by atoms with E-state index in [1.807, 2.05) is 55.9 Å². The number of ether oxygens (including phenoxy) is 2. The van der Waals surface area contributed by atoms with Gasteiger partial charge in [-0.2, -0.15) is 0 Å². The van der Waals surface area contributed by atoms with Crippen LogP contribution in [0.2, 0.25) is 0 Å². The first-order chi connectivity index (χ1) is 14.8. The van der Waals surface area contributed by atoms with E-state index < -0.39 is 0 Å². The number of hydrogen-bond donors (Lipinski definition) is 1. The number of nitrogens with zero attached hydrogens (tertiary/aromatic N) is 3. The number of aromatic nitrogens is 1. The zero-order valence-electron chi connectivity index (χ0n) is 19.1. The number of carbonyl (C=O) groups is 2. The number of methoxy groups -OCH3 is 2. The molecular formula is C23H34N4O4. The molecule has 1 aromatic carbocycles. The summed E-state index contributed by atoms with van der Waals surface area (Å²) in [6, 6.07) is 10.8. The molecule has 8 heteroatoms. The highest BCUT2D eigenvalue weighted by molar-refractivity contribution is 5.93. The number of aryl methyl sites for hydroxylation is 1. The Morgan fingerprint density at radius 2 is 1.84 bits per heavy atom. The van der Waals surface area contributed by atoms with Crippen LogP contribution < -0.4 is 10.1 Å². The summed E-state index contributed by atoms with van der Waals surface area (Å²) in [5, 5.41) is 2.87. The van der Waals surface area contributed by atoms with Crippen LogP contribution in [-0.2, 0) is 23.1 Å². The first-order valence-electron chi connectivity index (χ1n) is 10.4. The van der Waals surface area contributed by atoms with E-state index >= 15 is 0 Å². The van der Waals surface area contributed by atoms with E-state index in [2.05, 4.69) is 5.32 Å². The van der Waals surface area contributed by atoms with Gasteiger partial charge in [-0.25, -0.2) is 4.79 Å². The van der Waals surface area contributed by atoms with Crippen LogP contribution >= 0.6 is 0 Å². The van der Waals surface area contributed by atoms with Gasteiger partial charge in [-0.05, 0) is 30.2 Å². The van der Waals surface area contributed by atoms with Gasteiger partial charge >= 0.3 is 6.03 Å². The number of benzene rings is 1. The van der Waals surface area contributed by atoms with Crippen molar-refractivity contribution in [1.82, 2.24) is 14.4 Å². The molecule has 31 heavy (non-hydrogen) atoms. The monoisotopic (exact) mass is 430 g/mol. The molecule has 0 unspecified atom stereocenters. The van der Waals surface area contributed by atoms with E-state index in [0.717, 1.165) is 5.69 Å². The highest BCUT2D eigenvalue weighted by atomic mass is 16.5. The first-order valence-corrected chi connectivity index (χ1v) is 10.4. The number of para-hydroxylation sites is 2. The molecule has 170 valence electrons. The molecule has 0 atom stereocenters. The minimum Gasteiger partial charge on any atom is -0.495 e. The molecule has 0 bridgehead atoms. The number of nitrogens with one attached hydrogen (secondary N) is 1. The van der Waals surface area contributed by atoms with E-state index in [9.17, 15) is 9.59 Å². The van der Waals surface area contributed by atoms with Crippen molar-refractivity contribution in [2.24, 2.45) is 13.0 Å². The molecule has 0 fully saturated rings. The summed E-state index contributed by atoms with van der Waals surface area (Å²) >= 11 is 0. The lowest BCUT2D eigenvalue weighted by atomic mass is 10.2. The molecule has 1 N–H and O–H groups in total. The van der Waals surface area contributed by atoms with Crippen molar-refractivity contribution in [1.29, 1.82) is 0 Å². The second kappa shape index (κ2) is 12.0. The fourth-order valence-corrected chi connectivity index (χ4v) is 3.22. The SMILES string of the molecule is COCCN(Cc1cccn1C)C(=O)CN(CC(C)C)C(=O)Nc1ccccc1OC. The van der Waals surface area contributed by atoms with Gasteiger partial charge in [0.15, 0.2) is 0 Å². The summed E-state index contributed by atoms with van der Waals surface area (Å²) < 4.78 is 12.5. The summed E-state index contributed by atoms with van der Waals surface area (Å²) in [6.07, 6.45) is 1.94. The van der Waals surface area contributed by atoms with Crippen molar-refractivity contribution >= 4 is 17.6 Å². The molecule has 0 aliphatic heterocycles. The average Bonchev–Trinajstić information content (AvgIpc) is 3.14. The van der Waals surface area contributed by atoms with Crippen molar-refractivity contribution in [2.45, 2.75) is 20.4 Å². The van der Waals surface area contributed by atoms with Crippen molar-refractivity contribution in [3.63, 3.8) is 0 Å². The number of amides is 3. The van der Waals surface area contributed by atoms with Crippen LogP contribution in [0.25, 0.3) is 0 Å². The molecule has 8 nitrogen and oxygen atoms in total. The Hall–Kier alpha value is -3.00. The van der Waals surface area contributed by atoms with Crippen LogP contribution in [0.15, 0.2) is 42.6 Å². The number of rotatable bonds is 11. The van der Waals surface area contributed by atoms with E-state index in [1.54, 1.807) is 36.2 Å². The van der Waals surface area contributed by atoms with E-state index in [1.165, 1.54) is 0 Å². The van der Waals surface area contributed by atoms with Gasteiger partial charge in [0.05, 0.1) is 25.9 Å². The Kier molecular flexibility index (Phi) is 9.40. The molecule has 0 radical (unpaired) electrons. The van der Waals surface area contributed by atoms with Gasteiger partial charge in [0.2, 0.25) is 5.91 Å². The Morgan fingerprint density at radius 1 is 1.10 bits per heavy atom. The summed E-state index contributed by atoms with van der Waals surface area (Å²) in [5.74, 6) is 0.641. The van der Waals surface area contributed by atoms with E-state index in [4.69, 9.17) is 9.47 Å². The molecule has 0 saturated heterocycles. The Bertz CT molecular complexity index is 850. The van der Waals surface area contributed by atoms with Crippen molar-refractivity contribution in [3.05, 3.63) is 48.3 Å². The molecule has 0 spiro atoms. The topological polar surface area (TPSA) is 76.0 Å². The maximum absolute atomic E-state index is 13.2. The standard InChI is InChI=1S/C23H34N4O4/c1-18(2)15-27(23(29)24-20-10-6-7-11-21(20)31-5)17-22(28)26(13-14-30-4)16-19-9-8-12-25(19)3/h6-12,18H,13-17H2,1-5H3,(H,24,29). The van der Waals surface area contributed by atoms with Crippen LogP contribution in [0.1, 0.15) is 19.5 Å². The predicted octanol–water partition coefficient (Wildman–Crippen LogP) is 3.20. The molecule has 2 rings (SSSR count). The van der Waals surface area contributed by atoms with Gasteiger partial charge in [-0.15, -0.1) is 0 Å². The lowest BCUT2D eigenvalue weighted by Gasteiger charge is -2.29. The van der Waals surface area contributed by atoms with Crippen molar-refractivity contribution < 1.29 is 19.1 Å². The second-order valence-corrected chi connectivity index (χ2v) is 7.82. The summed E-state index contributed by atoms with van der Waals surface area (Å²) in [4.78, 5) is 29.5. The minimum absolute atomic E-state index is 0.0205. The molecule has 1 heterocycles. The van der Waals surface area contributed by atoms with Crippen molar-refractivity contribution in [2.75, 3.05) is 45.8 Å². The summed E-state index contributed by atoms with van der Waals surface area (Å²) in [5.41, 5.74) is 1.58. The zero-order chi connectivity index (χ0) is 22.8.